The third kappa shape index (κ3) is 7.45. The van der Waals surface area contributed by atoms with Crippen LogP contribution in [0.5, 0.6) is 0 Å². The van der Waals surface area contributed by atoms with Crippen LogP contribution in [0.4, 0.5) is 0 Å². The average molecular weight is 152 g/mol. The Morgan fingerprint density at radius 1 is 1.67 bits per heavy atom. The molecular formula is C4H8O4S. The second kappa shape index (κ2) is 3.47. The molecule has 0 atom stereocenters. The average Bonchev–Trinajstić information content (AvgIpc) is 1.63. The first-order valence-electron chi connectivity index (χ1n) is 2.24. The van der Waals surface area contributed by atoms with Crippen LogP contribution in [0.3, 0.4) is 0 Å². The van der Waals surface area contributed by atoms with Crippen molar-refractivity contribution < 1.29 is 17.7 Å². The summed E-state index contributed by atoms with van der Waals surface area (Å²) < 4.78 is 32.4. The van der Waals surface area contributed by atoms with E-state index < -0.39 is 10.1 Å². The maximum atomic E-state index is 9.95. The van der Waals surface area contributed by atoms with Gasteiger partial charge in [0.25, 0.3) is 10.1 Å². The Hall–Kier alpha value is -0.550. The Labute approximate surface area is 53.9 Å². The van der Waals surface area contributed by atoms with Crippen LogP contribution in [0.15, 0.2) is 12.8 Å². The SMILES string of the molecule is C=COCCS(=O)(=O)O. The predicted molar refractivity (Wildman–Crippen MR) is 32.6 cm³/mol. The van der Waals surface area contributed by atoms with Gasteiger partial charge in [-0.05, 0) is 0 Å². The van der Waals surface area contributed by atoms with Crippen molar-refractivity contribution in [3.8, 4) is 0 Å². The van der Waals surface area contributed by atoms with E-state index in [2.05, 4.69) is 11.3 Å². The van der Waals surface area contributed by atoms with Crippen LogP contribution in [0.25, 0.3) is 0 Å². The van der Waals surface area contributed by atoms with E-state index in [1.165, 1.54) is 0 Å². The topological polar surface area (TPSA) is 63.6 Å². The highest BCUT2D eigenvalue weighted by molar-refractivity contribution is 7.85. The van der Waals surface area contributed by atoms with E-state index in [1.54, 1.807) is 0 Å². The van der Waals surface area contributed by atoms with Crippen LogP contribution in [-0.4, -0.2) is 25.3 Å². The van der Waals surface area contributed by atoms with E-state index in [0.29, 0.717) is 0 Å². The fourth-order valence-corrected chi connectivity index (χ4v) is 0.544. The molecule has 0 radical (unpaired) electrons. The fourth-order valence-electron chi connectivity index (χ4n) is 0.237. The lowest BCUT2D eigenvalue weighted by atomic mass is 10.8. The molecule has 0 rings (SSSR count). The lowest BCUT2D eigenvalue weighted by molar-refractivity contribution is 0.269. The molecule has 1 N–H and O–H groups in total. The molecule has 4 nitrogen and oxygen atoms in total. The van der Waals surface area contributed by atoms with Gasteiger partial charge in [0.05, 0.1) is 6.26 Å². The summed E-state index contributed by atoms with van der Waals surface area (Å²) in [7, 11) is -3.87. The molecule has 0 aliphatic carbocycles. The Morgan fingerprint density at radius 2 is 2.22 bits per heavy atom. The van der Waals surface area contributed by atoms with Gasteiger partial charge in [-0.15, -0.1) is 0 Å². The maximum Gasteiger partial charge on any atom is 0.268 e. The second-order valence-electron chi connectivity index (χ2n) is 1.32. The number of ether oxygens (including phenoxy) is 1. The summed E-state index contributed by atoms with van der Waals surface area (Å²) in [5.74, 6) is -0.390. The van der Waals surface area contributed by atoms with Crippen LogP contribution in [-0.2, 0) is 14.9 Å². The van der Waals surface area contributed by atoms with Gasteiger partial charge in [-0.3, -0.25) is 4.55 Å². The molecule has 0 aliphatic heterocycles. The molecule has 0 aromatic carbocycles. The molecule has 0 fully saturated rings. The molecule has 0 unspecified atom stereocenters. The molecule has 0 amide bonds. The zero-order chi connectivity index (χ0) is 7.33. The summed E-state index contributed by atoms with van der Waals surface area (Å²) in [6, 6.07) is 0. The minimum Gasteiger partial charge on any atom is -0.501 e. The van der Waals surface area contributed by atoms with E-state index in [4.69, 9.17) is 4.55 Å². The van der Waals surface area contributed by atoms with E-state index in [0.717, 1.165) is 6.26 Å². The molecule has 0 aromatic rings. The molecular weight excluding hydrogens is 144 g/mol. The quantitative estimate of drug-likeness (QED) is 0.351. The molecule has 54 valence electrons. The smallest absolute Gasteiger partial charge is 0.268 e. The molecule has 0 heterocycles. The first-order valence-corrected chi connectivity index (χ1v) is 3.85. The van der Waals surface area contributed by atoms with Crippen molar-refractivity contribution in [2.24, 2.45) is 0 Å². The highest BCUT2D eigenvalue weighted by Crippen LogP contribution is 1.82. The first-order chi connectivity index (χ1) is 4.06. The van der Waals surface area contributed by atoms with E-state index in [9.17, 15) is 8.42 Å². The summed E-state index contributed by atoms with van der Waals surface area (Å²) in [6.07, 6.45) is 1.12. The lowest BCUT2D eigenvalue weighted by Crippen LogP contribution is -2.08. The Bertz CT molecular complexity index is 169. The van der Waals surface area contributed by atoms with Gasteiger partial charge in [0, 0.05) is 0 Å². The van der Waals surface area contributed by atoms with Gasteiger partial charge in [-0.25, -0.2) is 0 Å². The van der Waals surface area contributed by atoms with Gasteiger partial charge in [0.1, 0.15) is 12.4 Å². The Morgan fingerprint density at radius 3 is 2.56 bits per heavy atom. The van der Waals surface area contributed by atoms with Gasteiger partial charge in [0.2, 0.25) is 0 Å². The summed E-state index contributed by atoms with van der Waals surface area (Å²) in [5.41, 5.74) is 0. The molecule has 0 saturated heterocycles. The molecule has 0 bridgehead atoms. The summed E-state index contributed by atoms with van der Waals surface area (Å²) in [6.45, 7) is 3.13. The Balaban J connectivity index is 3.40. The van der Waals surface area contributed by atoms with Crippen molar-refractivity contribution in [2.75, 3.05) is 12.4 Å². The van der Waals surface area contributed by atoms with Crippen molar-refractivity contribution in [1.29, 1.82) is 0 Å². The molecule has 0 aromatic heterocycles. The fraction of sp³-hybridized carbons (Fsp3) is 0.500. The molecule has 0 spiro atoms. The van der Waals surface area contributed by atoms with Crippen molar-refractivity contribution in [3.05, 3.63) is 12.8 Å². The maximum absolute atomic E-state index is 9.95. The largest absolute Gasteiger partial charge is 0.501 e. The molecule has 9 heavy (non-hydrogen) atoms. The number of hydrogen-bond acceptors (Lipinski definition) is 3. The summed E-state index contributed by atoms with van der Waals surface area (Å²) in [5, 5.41) is 0. The zero-order valence-electron chi connectivity index (χ0n) is 4.78. The van der Waals surface area contributed by atoms with Crippen molar-refractivity contribution in [3.63, 3.8) is 0 Å². The van der Waals surface area contributed by atoms with Gasteiger partial charge >= 0.3 is 0 Å². The third-order valence-corrected chi connectivity index (χ3v) is 1.26. The van der Waals surface area contributed by atoms with Crippen LogP contribution in [0, 0.1) is 0 Å². The molecule has 0 saturated carbocycles. The van der Waals surface area contributed by atoms with E-state index in [-0.39, 0.29) is 12.4 Å². The monoisotopic (exact) mass is 152 g/mol. The normalized spacial score (nSPS) is 10.8. The summed E-state index contributed by atoms with van der Waals surface area (Å²) >= 11 is 0. The lowest BCUT2D eigenvalue weighted by Gasteiger charge is -1.95. The highest BCUT2D eigenvalue weighted by Gasteiger charge is 2.01. The predicted octanol–water partition coefficient (Wildman–Crippen LogP) is 0.0343. The third-order valence-electron chi connectivity index (χ3n) is 0.577. The van der Waals surface area contributed by atoms with Crippen molar-refractivity contribution in [1.82, 2.24) is 0 Å². The second-order valence-corrected chi connectivity index (χ2v) is 2.90. The minimum absolute atomic E-state index is 0.0532. The van der Waals surface area contributed by atoms with Crippen LogP contribution < -0.4 is 0 Å². The molecule has 0 aliphatic rings. The van der Waals surface area contributed by atoms with Gasteiger partial charge in [-0.1, -0.05) is 6.58 Å². The zero-order valence-corrected chi connectivity index (χ0v) is 5.60. The van der Waals surface area contributed by atoms with E-state index >= 15 is 0 Å². The highest BCUT2D eigenvalue weighted by atomic mass is 32.2. The first kappa shape index (κ1) is 8.45. The minimum atomic E-state index is -3.87. The number of rotatable bonds is 4. The van der Waals surface area contributed by atoms with Crippen LogP contribution >= 0.6 is 0 Å². The summed E-state index contributed by atoms with van der Waals surface area (Å²) in [4.78, 5) is 0. The van der Waals surface area contributed by atoms with Crippen LogP contribution in [0.2, 0.25) is 0 Å². The molecule has 5 heteroatoms. The van der Waals surface area contributed by atoms with Crippen molar-refractivity contribution in [2.45, 2.75) is 0 Å². The van der Waals surface area contributed by atoms with Crippen molar-refractivity contribution >= 4 is 10.1 Å². The Kier molecular flexibility index (Phi) is 3.26. The van der Waals surface area contributed by atoms with Gasteiger partial charge in [-0.2, -0.15) is 8.42 Å². The van der Waals surface area contributed by atoms with Gasteiger partial charge in [0.15, 0.2) is 0 Å². The number of hydrogen-bond donors (Lipinski definition) is 1. The van der Waals surface area contributed by atoms with Crippen LogP contribution in [0.1, 0.15) is 0 Å². The standard InChI is InChI=1S/C4H8O4S/c1-2-8-3-4-9(5,6)7/h2H,1,3-4H2,(H,5,6,7). The van der Waals surface area contributed by atoms with Gasteiger partial charge < -0.3 is 4.74 Å². The van der Waals surface area contributed by atoms with E-state index in [1.807, 2.05) is 0 Å².